The number of anilines is 1. The highest BCUT2D eigenvalue weighted by molar-refractivity contribution is 8.27. The largest absolute Gasteiger partial charge is 0.369 e. The Hall–Kier alpha value is -0.960. The Morgan fingerprint density at radius 3 is 2.11 bits per heavy atom. The number of hydrogen-bond acceptors (Lipinski definition) is 1. The molecule has 18 heavy (non-hydrogen) atoms. The van der Waals surface area contributed by atoms with E-state index in [0.717, 1.165) is 30.8 Å². The molecule has 0 unspecified atom stereocenters. The number of hydrogen-bond donors (Lipinski definition) is 0. The summed E-state index contributed by atoms with van der Waals surface area (Å²) in [7, 11) is -1.35. The van der Waals surface area contributed by atoms with E-state index in [1.807, 2.05) is 18.4 Å². The monoisotopic (exact) mass is 269 g/mol. The van der Waals surface area contributed by atoms with Gasteiger partial charge in [-0.05, 0) is 42.2 Å². The van der Waals surface area contributed by atoms with Gasteiger partial charge in [0.05, 0.1) is 5.69 Å². The lowest BCUT2D eigenvalue weighted by Crippen LogP contribution is -2.25. The molecule has 102 valence electrons. The van der Waals surface area contributed by atoms with Gasteiger partial charge in [-0.15, -0.1) is 0 Å². The highest BCUT2D eigenvalue weighted by atomic mass is 32.2. The van der Waals surface area contributed by atoms with Crippen molar-refractivity contribution < 1.29 is 4.39 Å². The SMILES string of the molecule is C=S(=C)(C)c1ccc(N(CCC)CCC)c(F)c1. The van der Waals surface area contributed by atoms with Crippen LogP contribution in [-0.2, 0) is 0 Å². The van der Waals surface area contributed by atoms with Gasteiger partial charge in [0, 0.05) is 13.1 Å². The summed E-state index contributed by atoms with van der Waals surface area (Å²) in [6.07, 6.45) is 4.01. The molecule has 1 aromatic carbocycles. The van der Waals surface area contributed by atoms with Crippen LogP contribution < -0.4 is 4.90 Å². The van der Waals surface area contributed by atoms with Crippen molar-refractivity contribution in [3.63, 3.8) is 0 Å². The summed E-state index contributed by atoms with van der Waals surface area (Å²) < 4.78 is 14.2. The van der Waals surface area contributed by atoms with E-state index in [1.54, 1.807) is 6.07 Å². The molecule has 0 aromatic heterocycles. The van der Waals surface area contributed by atoms with Crippen molar-refractivity contribution in [2.75, 3.05) is 24.2 Å². The van der Waals surface area contributed by atoms with E-state index < -0.39 is 9.21 Å². The molecule has 1 nitrogen and oxygen atoms in total. The Morgan fingerprint density at radius 1 is 1.17 bits per heavy atom. The molecule has 0 aliphatic rings. The smallest absolute Gasteiger partial charge is 0.147 e. The second-order valence-electron chi connectivity index (χ2n) is 4.87. The van der Waals surface area contributed by atoms with Crippen LogP contribution in [0.4, 0.5) is 10.1 Å². The molecule has 0 aliphatic carbocycles. The maximum atomic E-state index is 14.2. The van der Waals surface area contributed by atoms with E-state index in [0.29, 0.717) is 5.69 Å². The van der Waals surface area contributed by atoms with Crippen molar-refractivity contribution in [2.45, 2.75) is 31.6 Å². The average molecular weight is 269 g/mol. The minimum atomic E-state index is -1.35. The van der Waals surface area contributed by atoms with E-state index in [9.17, 15) is 4.39 Å². The lowest BCUT2D eigenvalue weighted by molar-refractivity contribution is 0.610. The first kappa shape index (κ1) is 15.1. The third-order valence-corrected chi connectivity index (χ3v) is 4.21. The quantitative estimate of drug-likeness (QED) is 0.703. The first-order chi connectivity index (χ1) is 8.40. The van der Waals surface area contributed by atoms with Crippen molar-refractivity contribution in [1.82, 2.24) is 0 Å². The van der Waals surface area contributed by atoms with E-state index in [-0.39, 0.29) is 5.82 Å². The molecule has 0 N–H and O–H groups in total. The standard InChI is InChI=1S/C15H24FNS/c1-6-10-17(11-7-2)15-9-8-13(12-14(15)16)18(3,4)5/h8-9,12H,3-4,6-7,10-11H2,1-2,5H3. The summed E-state index contributed by atoms with van der Waals surface area (Å²) in [5.74, 6) is 7.89. The maximum Gasteiger partial charge on any atom is 0.147 e. The van der Waals surface area contributed by atoms with E-state index in [4.69, 9.17) is 0 Å². The van der Waals surface area contributed by atoms with Gasteiger partial charge in [-0.25, -0.2) is 4.39 Å². The van der Waals surface area contributed by atoms with Gasteiger partial charge in [0.1, 0.15) is 5.82 Å². The van der Waals surface area contributed by atoms with Crippen molar-refractivity contribution in [2.24, 2.45) is 0 Å². The fourth-order valence-corrected chi connectivity index (χ4v) is 2.73. The third kappa shape index (κ3) is 3.77. The van der Waals surface area contributed by atoms with Gasteiger partial charge in [0.15, 0.2) is 0 Å². The first-order valence-electron chi connectivity index (χ1n) is 6.39. The average Bonchev–Trinajstić information content (AvgIpc) is 2.27. The van der Waals surface area contributed by atoms with Crippen molar-refractivity contribution in [1.29, 1.82) is 0 Å². The molecule has 3 heteroatoms. The molecule has 0 fully saturated rings. The third-order valence-electron chi connectivity index (χ3n) is 2.82. The van der Waals surface area contributed by atoms with Gasteiger partial charge >= 0.3 is 0 Å². The highest BCUT2D eigenvalue weighted by Gasteiger charge is 2.11. The molecule has 0 saturated heterocycles. The van der Waals surface area contributed by atoms with Crippen LogP contribution in [0.15, 0.2) is 23.1 Å². The molecule has 1 aromatic rings. The second-order valence-corrected chi connectivity index (χ2v) is 7.89. The topological polar surface area (TPSA) is 3.24 Å². The van der Waals surface area contributed by atoms with Crippen molar-refractivity contribution in [3.05, 3.63) is 24.0 Å². The van der Waals surface area contributed by atoms with Crippen molar-refractivity contribution in [3.8, 4) is 0 Å². The zero-order valence-corrected chi connectivity index (χ0v) is 12.5. The zero-order chi connectivity index (χ0) is 13.8. The van der Waals surface area contributed by atoms with Gasteiger partial charge in [0.2, 0.25) is 0 Å². The van der Waals surface area contributed by atoms with Gasteiger partial charge < -0.3 is 4.90 Å². The van der Waals surface area contributed by atoms with Crippen molar-refractivity contribution >= 4 is 26.6 Å². The van der Waals surface area contributed by atoms with E-state index in [1.165, 1.54) is 0 Å². The minimum Gasteiger partial charge on any atom is -0.369 e. The Balaban J connectivity index is 3.10. The maximum absolute atomic E-state index is 14.2. The summed E-state index contributed by atoms with van der Waals surface area (Å²) in [6.45, 7) is 6.01. The van der Waals surface area contributed by atoms with Crippen LogP contribution in [0, 0.1) is 5.82 Å². The van der Waals surface area contributed by atoms with Crippen LogP contribution in [0.25, 0.3) is 0 Å². The van der Waals surface area contributed by atoms with E-state index >= 15 is 0 Å². The van der Waals surface area contributed by atoms with Crippen LogP contribution in [0.2, 0.25) is 0 Å². The molecule has 0 spiro atoms. The molecule has 0 bridgehead atoms. The number of rotatable bonds is 6. The number of halogens is 1. The predicted octanol–water partition coefficient (Wildman–Crippen LogP) is 4.11. The Kier molecular flexibility index (Phi) is 5.27. The summed E-state index contributed by atoms with van der Waals surface area (Å²) >= 11 is 0. The normalized spacial score (nSPS) is 11.6. The molecule has 0 radical (unpaired) electrons. The van der Waals surface area contributed by atoms with Gasteiger partial charge in [-0.3, -0.25) is 0 Å². The molecule has 0 atom stereocenters. The summed E-state index contributed by atoms with van der Waals surface area (Å²) in [5, 5.41) is 0. The van der Waals surface area contributed by atoms with Crippen LogP contribution in [-0.4, -0.2) is 31.1 Å². The lowest BCUT2D eigenvalue weighted by Gasteiger charge is -2.25. The zero-order valence-electron chi connectivity index (χ0n) is 11.7. The van der Waals surface area contributed by atoms with Gasteiger partial charge in [-0.2, -0.15) is 9.21 Å². The van der Waals surface area contributed by atoms with E-state index in [2.05, 4.69) is 30.5 Å². The first-order valence-corrected chi connectivity index (χ1v) is 8.77. The summed E-state index contributed by atoms with van der Waals surface area (Å²) in [5.41, 5.74) is 0.700. The summed E-state index contributed by atoms with van der Waals surface area (Å²) in [4.78, 5) is 3.02. The fraction of sp³-hybridized carbons (Fsp3) is 0.467. The van der Waals surface area contributed by atoms with Gasteiger partial charge in [-0.1, -0.05) is 25.6 Å². The molecule has 0 saturated carbocycles. The molecule has 1 rings (SSSR count). The highest BCUT2D eigenvalue weighted by Crippen LogP contribution is 2.31. The van der Waals surface area contributed by atoms with Gasteiger partial charge in [0.25, 0.3) is 0 Å². The van der Waals surface area contributed by atoms with Crippen LogP contribution >= 0.6 is 9.21 Å². The molecular weight excluding hydrogens is 245 g/mol. The Morgan fingerprint density at radius 2 is 1.72 bits per heavy atom. The number of nitrogens with zero attached hydrogens (tertiary/aromatic N) is 1. The van der Waals surface area contributed by atoms with Crippen LogP contribution in [0.5, 0.6) is 0 Å². The van der Waals surface area contributed by atoms with Crippen LogP contribution in [0.1, 0.15) is 26.7 Å². The second kappa shape index (κ2) is 6.28. The predicted molar refractivity (Wildman–Crippen MR) is 85.2 cm³/mol. The molecule has 0 heterocycles. The summed E-state index contributed by atoms with van der Waals surface area (Å²) in [6, 6.07) is 5.44. The lowest BCUT2D eigenvalue weighted by atomic mass is 10.2. The number of benzene rings is 1. The fourth-order valence-electron chi connectivity index (χ4n) is 1.94. The molecule has 0 aliphatic heterocycles. The minimum absolute atomic E-state index is 0.152. The molecular formula is C15H24FNS. The Labute approximate surface area is 111 Å². The molecule has 0 amide bonds. The van der Waals surface area contributed by atoms with Crippen LogP contribution in [0.3, 0.4) is 0 Å². The Bertz CT molecular complexity index is 485.